The van der Waals surface area contributed by atoms with E-state index in [0.29, 0.717) is 11.8 Å². The molecule has 0 saturated heterocycles. The van der Waals surface area contributed by atoms with Crippen LogP contribution in [0.4, 0.5) is 0 Å². The Hall–Kier alpha value is -3.23. The quantitative estimate of drug-likeness (QED) is 0.243. The molecule has 0 fully saturated rings. The average Bonchev–Trinajstić information content (AvgIpc) is 2.95. The second-order valence-corrected chi connectivity index (χ2v) is 9.85. The normalized spacial score (nSPS) is 22.6. The summed E-state index contributed by atoms with van der Waals surface area (Å²) in [5, 5.41) is 0. The summed E-state index contributed by atoms with van der Waals surface area (Å²) in [4.78, 5) is 5.18. The monoisotopic (exact) mass is 492 g/mol. The highest BCUT2D eigenvalue weighted by Gasteiger charge is 2.27. The number of hydrogen-bond donors (Lipinski definition) is 1. The maximum atomic E-state index is 6.94. The molecular weight excluding hydrogens is 448 g/mol. The molecule has 4 atom stereocenters. The zero-order valence-corrected chi connectivity index (χ0v) is 23.1. The number of aliphatic imine (C=N–C) groups is 1. The molecule has 194 valence electrons. The summed E-state index contributed by atoms with van der Waals surface area (Å²) in [6, 6.07) is 10.5. The van der Waals surface area contributed by atoms with Gasteiger partial charge in [0.15, 0.2) is 0 Å². The van der Waals surface area contributed by atoms with E-state index < -0.39 is 0 Å². The maximum absolute atomic E-state index is 6.94. The number of benzene rings is 1. The second-order valence-electron chi connectivity index (χ2n) is 9.85. The third kappa shape index (κ3) is 8.40. The molecular formula is C35H44N2. The van der Waals surface area contributed by atoms with Crippen molar-refractivity contribution in [1.82, 2.24) is 0 Å². The van der Waals surface area contributed by atoms with Crippen molar-refractivity contribution in [2.45, 2.75) is 59.4 Å². The summed E-state index contributed by atoms with van der Waals surface area (Å²) in [6.45, 7) is 8.52. The molecule has 2 nitrogen and oxygen atoms in total. The Morgan fingerprint density at radius 3 is 2.51 bits per heavy atom. The van der Waals surface area contributed by atoms with Crippen LogP contribution in [0.1, 0.15) is 58.9 Å². The highest BCUT2D eigenvalue weighted by molar-refractivity contribution is 6.03. The lowest BCUT2D eigenvalue weighted by Crippen LogP contribution is -2.40. The minimum absolute atomic E-state index is 0.0225. The van der Waals surface area contributed by atoms with Crippen molar-refractivity contribution in [3.05, 3.63) is 132 Å². The lowest BCUT2D eigenvalue weighted by atomic mass is 9.79. The molecule has 0 amide bonds. The van der Waals surface area contributed by atoms with Crippen LogP contribution in [0.5, 0.6) is 0 Å². The summed E-state index contributed by atoms with van der Waals surface area (Å²) in [7, 11) is 0. The topological polar surface area (TPSA) is 38.4 Å². The van der Waals surface area contributed by atoms with Gasteiger partial charge in [0.05, 0.1) is 11.4 Å². The summed E-state index contributed by atoms with van der Waals surface area (Å²) >= 11 is 0. The first-order chi connectivity index (χ1) is 18.1. The summed E-state index contributed by atoms with van der Waals surface area (Å²) in [5.74, 6) is 0.885. The summed E-state index contributed by atoms with van der Waals surface area (Å²) < 4.78 is 0. The molecule has 0 heterocycles. The molecule has 0 saturated carbocycles. The number of rotatable bonds is 11. The van der Waals surface area contributed by atoms with Gasteiger partial charge in [-0.15, -0.1) is 0 Å². The molecule has 3 rings (SSSR count). The van der Waals surface area contributed by atoms with Gasteiger partial charge in [0.25, 0.3) is 0 Å². The Labute approximate surface area is 225 Å². The highest BCUT2D eigenvalue weighted by Crippen LogP contribution is 2.30. The van der Waals surface area contributed by atoms with E-state index in [1.165, 1.54) is 11.1 Å². The van der Waals surface area contributed by atoms with Gasteiger partial charge in [0, 0.05) is 17.9 Å². The van der Waals surface area contributed by atoms with Gasteiger partial charge in [0.2, 0.25) is 0 Å². The molecule has 2 aliphatic rings. The van der Waals surface area contributed by atoms with Crippen LogP contribution >= 0.6 is 0 Å². The van der Waals surface area contributed by atoms with Gasteiger partial charge >= 0.3 is 0 Å². The average molecular weight is 493 g/mol. The van der Waals surface area contributed by atoms with E-state index in [-0.39, 0.29) is 12.0 Å². The second kappa shape index (κ2) is 15.1. The van der Waals surface area contributed by atoms with Crippen LogP contribution < -0.4 is 5.73 Å². The van der Waals surface area contributed by atoms with Crippen molar-refractivity contribution in [2.24, 2.45) is 28.5 Å². The molecule has 37 heavy (non-hydrogen) atoms. The standard InChI is InChI=1S/C35H44N2/c1-5-15-28(16-6-2)17-14-22-33(7-3)37-35(32-20-12-9-13-21-32)27(4)34(36)31-25-23-30(24-26-31)29-18-10-8-11-19-29/h5,7-16,18,20-25,27,29,31,34H,6,17,19,26,36H2,1-4H3/b15-5-,22-14-,28-16+,33-7+,37-35?/t27?,29?,31-,34?/m0/s1. The van der Waals surface area contributed by atoms with E-state index in [1.807, 2.05) is 0 Å². The molecule has 0 aliphatic heterocycles. The summed E-state index contributed by atoms with van der Waals surface area (Å²) in [5.41, 5.74) is 12.8. The van der Waals surface area contributed by atoms with E-state index in [4.69, 9.17) is 10.7 Å². The van der Waals surface area contributed by atoms with Gasteiger partial charge in [-0.2, -0.15) is 0 Å². The van der Waals surface area contributed by atoms with Gasteiger partial charge in [-0.1, -0.05) is 117 Å². The zero-order valence-electron chi connectivity index (χ0n) is 23.1. The van der Waals surface area contributed by atoms with Crippen LogP contribution in [0.2, 0.25) is 0 Å². The van der Waals surface area contributed by atoms with Crippen molar-refractivity contribution in [1.29, 1.82) is 0 Å². The van der Waals surface area contributed by atoms with Crippen LogP contribution in [0.3, 0.4) is 0 Å². The van der Waals surface area contributed by atoms with Gasteiger partial charge in [-0.3, -0.25) is 4.99 Å². The predicted molar refractivity (Wildman–Crippen MR) is 163 cm³/mol. The molecule has 3 unspecified atom stereocenters. The zero-order chi connectivity index (χ0) is 26.5. The number of nitrogens with zero attached hydrogens (tertiary/aromatic N) is 1. The van der Waals surface area contributed by atoms with Crippen LogP contribution in [0, 0.1) is 17.8 Å². The van der Waals surface area contributed by atoms with Crippen LogP contribution in [0.15, 0.2) is 131 Å². The molecule has 1 aromatic rings. The molecule has 0 aromatic heterocycles. The molecule has 0 spiro atoms. The lowest BCUT2D eigenvalue weighted by Gasteiger charge is -2.30. The van der Waals surface area contributed by atoms with E-state index >= 15 is 0 Å². The molecule has 1 aromatic carbocycles. The van der Waals surface area contributed by atoms with Gasteiger partial charge < -0.3 is 5.73 Å². The van der Waals surface area contributed by atoms with E-state index in [9.17, 15) is 0 Å². The minimum Gasteiger partial charge on any atom is -0.327 e. The van der Waals surface area contributed by atoms with Gasteiger partial charge in [0.1, 0.15) is 0 Å². The smallest absolute Gasteiger partial charge is 0.0587 e. The Kier molecular flexibility index (Phi) is 11.6. The van der Waals surface area contributed by atoms with Crippen molar-refractivity contribution in [2.75, 3.05) is 0 Å². The number of allylic oxidation sites excluding steroid dienone is 14. The van der Waals surface area contributed by atoms with Crippen LogP contribution in [0.25, 0.3) is 0 Å². The van der Waals surface area contributed by atoms with Gasteiger partial charge in [-0.05, 0) is 68.2 Å². The van der Waals surface area contributed by atoms with Crippen LogP contribution in [-0.2, 0) is 0 Å². The molecule has 2 aliphatic carbocycles. The molecule has 0 radical (unpaired) electrons. The Morgan fingerprint density at radius 2 is 1.89 bits per heavy atom. The van der Waals surface area contributed by atoms with Crippen LogP contribution in [-0.4, -0.2) is 11.8 Å². The van der Waals surface area contributed by atoms with Crippen molar-refractivity contribution in [3.8, 4) is 0 Å². The fourth-order valence-electron chi connectivity index (χ4n) is 4.98. The Balaban J connectivity index is 1.79. The minimum atomic E-state index is -0.0225. The number of hydrogen-bond acceptors (Lipinski definition) is 2. The number of nitrogens with two attached hydrogens (primary N) is 1. The highest BCUT2D eigenvalue weighted by atomic mass is 14.8. The molecule has 0 bridgehead atoms. The first kappa shape index (κ1) is 28.3. The molecule has 2 heteroatoms. The van der Waals surface area contributed by atoms with Crippen molar-refractivity contribution in [3.63, 3.8) is 0 Å². The van der Waals surface area contributed by atoms with Crippen molar-refractivity contribution < 1.29 is 0 Å². The first-order valence-corrected chi connectivity index (χ1v) is 13.8. The first-order valence-electron chi connectivity index (χ1n) is 13.8. The predicted octanol–water partition coefficient (Wildman–Crippen LogP) is 8.84. The Bertz CT molecular complexity index is 1130. The Morgan fingerprint density at radius 1 is 1.08 bits per heavy atom. The maximum Gasteiger partial charge on any atom is 0.0587 e. The van der Waals surface area contributed by atoms with E-state index in [2.05, 4.69) is 137 Å². The third-order valence-corrected chi connectivity index (χ3v) is 7.18. The lowest BCUT2D eigenvalue weighted by molar-refractivity contribution is 0.437. The van der Waals surface area contributed by atoms with E-state index in [1.54, 1.807) is 0 Å². The summed E-state index contributed by atoms with van der Waals surface area (Å²) in [6.07, 6.45) is 32.8. The molecule has 2 N–H and O–H groups in total. The van der Waals surface area contributed by atoms with E-state index in [0.717, 1.165) is 42.7 Å². The largest absolute Gasteiger partial charge is 0.327 e. The SMILES string of the molecule is C/C=C\C(=C/CC)C/C=C\C(=C/C)N=C(c1ccccc1)C(C)C(N)[C@H]1C=CC(C2C=CC=CC2)=CC1. The third-order valence-electron chi connectivity index (χ3n) is 7.18. The fraction of sp³-hybridized carbons (Fsp3) is 0.343. The van der Waals surface area contributed by atoms with Gasteiger partial charge in [-0.25, -0.2) is 0 Å². The fourth-order valence-corrected chi connectivity index (χ4v) is 4.98. The van der Waals surface area contributed by atoms with Crippen molar-refractivity contribution >= 4 is 5.71 Å².